The van der Waals surface area contributed by atoms with Crippen molar-refractivity contribution in [3.05, 3.63) is 48.0 Å². The van der Waals surface area contributed by atoms with Gasteiger partial charge in [-0.1, -0.05) is 12.1 Å². The van der Waals surface area contributed by atoms with E-state index in [0.29, 0.717) is 6.61 Å². The van der Waals surface area contributed by atoms with E-state index in [9.17, 15) is 0 Å². The molecule has 1 fully saturated rings. The van der Waals surface area contributed by atoms with Crippen LogP contribution in [0.5, 0.6) is 0 Å². The molecule has 0 N–H and O–H groups in total. The van der Waals surface area contributed by atoms with E-state index in [2.05, 4.69) is 39.9 Å². The zero-order valence-corrected chi connectivity index (χ0v) is 14.2. The zero-order chi connectivity index (χ0) is 16.7. The maximum atomic E-state index is 6.12. The van der Waals surface area contributed by atoms with Gasteiger partial charge >= 0.3 is 0 Å². The third-order valence-electron chi connectivity index (χ3n) is 4.74. The smallest absolute Gasteiger partial charge is 0.140 e. The van der Waals surface area contributed by atoms with E-state index in [1.54, 1.807) is 6.33 Å². The summed E-state index contributed by atoms with van der Waals surface area (Å²) in [7, 11) is 1.93. The van der Waals surface area contributed by atoms with Gasteiger partial charge in [-0.05, 0) is 25.5 Å². The summed E-state index contributed by atoms with van der Waals surface area (Å²) in [6, 6.07) is 6.18. The number of morpholine rings is 1. The first-order chi connectivity index (χ1) is 11.6. The summed E-state index contributed by atoms with van der Waals surface area (Å²) >= 11 is 0. The van der Waals surface area contributed by atoms with Crippen molar-refractivity contribution in [1.82, 2.24) is 19.7 Å². The van der Waals surface area contributed by atoms with E-state index in [1.165, 1.54) is 5.56 Å². The van der Waals surface area contributed by atoms with Crippen LogP contribution in [0.4, 0.5) is 5.82 Å². The molecular formula is C18H21N5O. The highest BCUT2D eigenvalue weighted by atomic mass is 16.5. The minimum atomic E-state index is -0.396. The number of hydrogen-bond acceptors (Lipinski definition) is 5. The molecule has 124 valence electrons. The predicted molar refractivity (Wildman–Crippen MR) is 93.0 cm³/mol. The van der Waals surface area contributed by atoms with Gasteiger partial charge in [0.25, 0.3) is 0 Å². The molecule has 3 heterocycles. The summed E-state index contributed by atoms with van der Waals surface area (Å²) in [6.07, 6.45) is 5.55. The number of benzene rings is 1. The van der Waals surface area contributed by atoms with Gasteiger partial charge in [0.2, 0.25) is 0 Å². The first-order valence-corrected chi connectivity index (χ1v) is 8.15. The van der Waals surface area contributed by atoms with E-state index >= 15 is 0 Å². The minimum absolute atomic E-state index is 0.396. The molecule has 0 amide bonds. The monoisotopic (exact) mass is 323 g/mol. The van der Waals surface area contributed by atoms with Crippen LogP contribution in [0.3, 0.4) is 0 Å². The van der Waals surface area contributed by atoms with Gasteiger partial charge in [-0.3, -0.25) is 4.68 Å². The Morgan fingerprint density at radius 2 is 2.12 bits per heavy atom. The van der Waals surface area contributed by atoms with E-state index < -0.39 is 5.60 Å². The second-order valence-corrected chi connectivity index (χ2v) is 6.57. The molecule has 2 aromatic heterocycles. The highest BCUT2D eigenvalue weighted by Crippen LogP contribution is 2.33. The summed E-state index contributed by atoms with van der Waals surface area (Å²) in [4.78, 5) is 11.3. The fourth-order valence-corrected chi connectivity index (χ4v) is 3.42. The summed E-state index contributed by atoms with van der Waals surface area (Å²) in [5.74, 6) is 0.983. The van der Waals surface area contributed by atoms with Crippen molar-refractivity contribution in [2.45, 2.75) is 19.4 Å². The Labute approximate surface area is 141 Å². The second-order valence-electron chi connectivity index (χ2n) is 6.57. The predicted octanol–water partition coefficient (Wildman–Crippen LogP) is 2.42. The minimum Gasteiger partial charge on any atom is -0.367 e. The summed E-state index contributed by atoms with van der Waals surface area (Å²) in [5, 5.41) is 5.41. The molecule has 4 rings (SSSR count). The molecule has 6 heteroatoms. The van der Waals surface area contributed by atoms with Crippen LogP contribution in [0.2, 0.25) is 0 Å². The van der Waals surface area contributed by atoms with Gasteiger partial charge in [-0.25, -0.2) is 9.97 Å². The van der Waals surface area contributed by atoms with Gasteiger partial charge < -0.3 is 9.64 Å². The molecule has 1 aliphatic heterocycles. The molecule has 0 radical (unpaired) electrons. The average molecular weight is 323 g/mol. The maximum Gasteiger partial charge on any atom is 0.140 e. The van der Waals surface area contributed by atoms with Gasteiger partial charge in [0.05, 0.1) is 24.9 Å². The van der Waals surface area contributed by atoms with E-state index in [1.807, 2.05) is 36.3 Å². The number of hydrogen-bond donors (Lipinski definition) is 0. The average Bonchev–Trinajstić information content (AvgIpc) is 3.02. The van der Waals surface area contributed by atoms with Gasteiger partial charge in [0, 0.05) is 30.7 Å². The first kappa shape index (κ1) is 15.1. The van der Waals surface area contributed by atoms with Gasteiger partial charge in [-0.2, -0.15) is 5.10 Å². The fraction of sp³-hybridized carbons (Fsp3) is 0.389. The lowest BCUT2D eigenvalue weighted by Gasteiger charge is -2.41. The lowest BCUT2D eigenvalue weighted by molar-refractivity contribution is -0.0467. The van der Waals surface area contributed by atoms with Crippen molar-refractivity contribution >= 4 is 16.7 Å². The molecule has 0 saturated carbocycles. The van der Waals surface area contributed by atoms with E-state index in [0.717, 1.165) is 35.4 Å². The second kappa shape index (κ2) is 5.56. The number of ether oxygens (including phenoxy) is 1. The Morgan fingerprint density at radius 1 is 1.25 bits per heavy atom. The Balaban J connectivity index is 1.75. The number of aryl methyl sites for hydroxylation is 2. The number of rotatable bonds is 2. The molecule has 0 bridgehead atoms. The Bertz CT molecular complexity index is 885. The molecule has 1 unspecified atom stereocenters. The number of aromatic nitrogens is 4. The summed E-state index contributed by atoms with van der Waals surface area (Å²) in [5.41, 5.74) is 2.86. The van der Waals surface area contributed by atoms with Crippen molar-refractivity contribution in [1.29, 1.82) is 0 Å². The van der Waals surface area contributed by atoms with E-state index in [4.69, 9.17) is 4.74 Å². The SMILES string of the molecule is Cc1cccc2ncnc(N3CCOC(C)(c4cnn(C)c4)C3)c12. The topological polar surface area (TPSA) is 56.1 Å². The molecular weight excluding hydrogens is 302 g/mol. The van der Waals surface area contributed by atoms with E-state index in [-0.39, 0.29) is 0 Å². The largest absolute Gasteiger partial charge is 0.367 e. The van der Waals surface area contributed by atoms with Gasteiger partial charge in [-0.15, -0.1) is 0 Å². The quantitative estimate of drug-likeness (QED) is 0.725. The van der Waals surface area contributed by atoms with Gasteiger partial charge in [0.15, 0.2) is 0 Å². The van der Waals surface area contributed by atoms with Crippen LogP contribution in [-0.4, -0.2) is 39.4 Å². The molecule has 1 atom stereocenters. The van der Waals surface area contributed by atoms with Crippen LogP contribution >= 0.6 is 0 Å². The standard InChI is InChI=1S/C18H21N5O/c1-13-5-4-6-15-16(13)17(20-12-19-15)23-7-8-24-18(2,11-23)14-9-21-22(3)10-14/h4-6,9-10,12H,7-8,11H2,1-3H3. The molecule has 0 spiro atoms. The normalized spacial score (nSPS) is 21.4. The summed E-state index contributed by atoms with van der Waals surface area (Å²) in [6.45, 7) is 6.43. The zero-order valence-electron chi connectivity index (χ0n) is 14.2. The van der Waals surface area contributed by atoms with Crippen LogP contribution in [0.15, 0.2) is 36.9 Å². The Kier molecular flexibility index (Phi) is 3.49. The number of nitrogens with zero attached hydrogens (tertiary/aromatic N) is 5. The lowest BCUT2D eigenvalue weighted by atomic mass is 9.96. The van der Waals surface area contributed by atoms with Crippen LogP contribution < -0.4 is 4.90 Å². The molecule has 1 saturated heterocycles. The molecule has 1 aromatic carbocycles. The van der Waals surface area contributed by atoms with Crippen LogP contribution in [-0.2, 0) is 17.4 Å². The maximum absolute atomic E-state index is 6.12. The molecule has 24 heavy (non-hydrogen) atoms. The number of anilines is 1. The summed E-state index contributed by atoms with van der Waals surface area (Å²) < 4.78 is 7.93. The Morgan fingerprint density at radius 3 is 2.92 bits per heavy atom. The van der Waals surface area contributed by atoms with Gasteiger partial charge in [0.1, 0.15) is 17.7 Å². The van der Waals surface area contributed by atoms with Crippen molar-refractivity contribution in [2.24, 2.45) is 7.05 Å². The molecule has 3 aromatic rings. The van der Waals surface area contributed by atoms with Crippen LogP contribution in [0, 0.1) is 6.92 Å². The van der Waals surface area contributed by atoms with Crippen LogP contribution in [0.1, 0.15) is 18.1 Å². The highest BCUT2D eigenvalue weighted by molar-refractivity contribution is 5.92. The van der Waals surface area contributed by atoms with Crippen molar-refractivity contribution < 1.29 is 4.74 Å². The molecule has 6 nitrogen and oxygen atoms in total. The number of fused-ring (bicyclic) bond motifs is 1. The Hall–Kier alpha value is -2.47. The van der Waals surface area contributed by atoms with Crippen molar-refractivity contribution in [3.8, 4) is 0 Å². The fourth-order valence-electron chi connectivity index (χ4n) is 3.42. The van der Waals surface area contributed by atoms with Crippen molar-refractivity contribution in [2.75, 3.05) is 24.6 Å². The lowest BCUT2D eigenvalue weighted by Crippen LogP contribution is -2.48. The third kappa shape index (κ3) is 2.43. The highest BCUT2D eigenvalue weighted by Gasteiger charge is 2.36. The van der Waals surface area contributed by atoms with Crippen LogP contribution in [0.25, 0.3) is 10.9 Å². The first-order valence-electron chi connectivity index (χ1n) is 8.15. The third-order valence-corrected chi connectivity index (χ3v) is 4.74. The molecule has 1 aliphatic rings. The van der Waals surface area contributed by atoms with Crippen molar-refractivity contribution in [3.63, 3.8) is 0 Å². The molecule has 0 aliphatic carbocycles.